The van der Waals surface area contributed by atoms with Gasteiger partial charge in [0.1, 0.15) is 35.7 Å². The number of hydrogen-bond acceptors (Lipinski definition) is 22. The van der Waals surface area contributed by atoms with Crippen LogP contribution < -0.4 is 26.8 Å². The number of H-pyrrole nitrogens is 1. The minimum atomic E-state index is -5.84. The van der Waals surface area contributed by atoms with Crippen LogP contribution in [0.15, 0.2) is 86.2 Å². The lowest BCUT2D eigenvalue weighted by Crippen LogP contribution is -2.29. The normalized spacial score (nSPS) is 19.7. The molecule has 5 heterocycles. The van der Waals surface area contributed by atoms with Gasteiger partial charge < -0.3 is 59.4 Å². The Labute approximate surface area is 524 Å². The predicted octanol–water partition coefficient (Wildman–Crippen LogP) is 5.99. The molecule has 7 rings (SSSR count). The number of azide groups is 1. The monoisotopic (exact) mass is 1390 g/mol. The van der Waals surface area contributed by atoms with Crippen LogP contribution in [0.1, 0.15) is 96.1 Å². The number of aromatic amines is 1. The number of carbonyl (C=O) groups excluding carboxylic acids is 2. The number of aromatic nitrogens is 3. The topological polar surface area (TPSA) is 480 Å². The van der Waals surface area contributed by atoms with Gasteiger partial charge >= 0.3 is 23.5 Å². The number of fused-ring (bicyclic) bond motifs is 3. The molecule has 10 N–H and O–H groups in total. The van der Waals surface area contributed by atoms with Gasteiger partial charge in [0, 0.05) is 95.9 Å². The minimum Gasteiger partial charge on any atom is -0.744 e. The summed E-state index contributed by atoms with van der Waals surface area (Å²) in [5.74, 6) is 5.85. The van der Waals surface area contributed by atoms with Crippen molar-refractivity contribution < 1.29 is 96.0 Å². The van der Waals surface area contributed by atoms with Crippen molar-refractivity contribution >= 4 is 111 Å². The zero-order valence-corrected chi connectivity index (χ0v) is 54.8. The molecule has 0 aliphatic carbocycles. The molecule has 0 saturated carbocycles. The molecule has 2 aromatic carbocycles. The minimum absolute atomic E-state index is 0.0306. The van der Waals surface area contributed by atoms with Crippen molar-refractivity contribution in [2.75, 3.05) is 61.7 Å². The number of carbonyl (C=O) groups is 2. The average Bonchev–Trinajstić information content (AvgIpc) is 1.61. The van der Waals surface area contributed by atoms with Gasteiger partial charge in [-0.15, -0.1) is 0 Å². The summed E-state index contributed by atoms with van der Waals surface area (Å²) >= 11 is 0. The first kappa shape index (κ1) is 71.7. The molecule has 2 aromatic heterocycles. The number of phosphoric ester groups is 1. The molecule has 3 aliphatic rings. The Balaban J connectivity index is 0.859. The summed E-state index contributed by atoms with van der Waals surface area (Å²) < 4.78 is 133. The molecule has 3 aliphatic heterocycles. The number of rotatable bonds is 30. The highest BCUT2D eigenvalue weighted by atomic mass is 33.1. The molecule has 1 saturated heterocycles. The van der Waals surface area contributed by atoms with Crippen LogP contribution in [0.3, 0.4) is 0 Å². The van der Waals surface area contributed by atoms with E-state index in [2.05, 4.69) is 60.6 Å². The number of nitrogens with zero attached hydrogens (tertiary/aromatic N) is 7. The summed E-state index contributed by atoms with van der Waals surface area (Å²) in [5.41, 5.74) is 17.3. The summed E-state index contributed by atoms with van der Waals surface area (Å²) in [6, 6.07) is 8.91. The second-order valence-corrected chi connectivity index (χ2v) is 31.2. The second-order valence-electron chi connectivity index (χ2n) is 21.3. The maximum Gasteiger partial charge on any atom is 0.490 e. The fourth-order valence-electron chi connectivity index (χ4n) is 10.4. The summed E-state index contributed by atoms with van der Waals surface area (Å²) in [5, 5.41) is 8.84. The number of likely N-dealkylation sites (N-methyl/N-ethyl adjacent to an activating group) is 1. The average molecular weight is 1390 g/mol. The maximum atomic E-state index is 13.1. The highest BCUT2D eigenvalue weighted by molar-refractivity contribution is 8.76. The van der Waals surface area contributed by atoms with Crippen LogP contribution in [0.2, 0.25) is 0 Å². The van der Waals surface area contributed by atoms with Gasteiger partial charge in [-0.2, -0.15) is 26.6 Å². The van der Waals surface area contributed by atoms with E-state index in [4.69, 9.17) is 35.0 Å². The van der Waals surface area contributed by atoms with E-state index in [9.17, 15) is 63.8 Å². The molecular weight excluding hydrogens is 1320 g/mol. The Morgan fingerprint density at radius 2 is 1.69 bits per heavy atom. The molecule has 1 fully saturated rings. The number of hydrogen-bond donors (Lipinski definition) is 9. The molecule has 90 heavy (non-hydrogen) atoms. The molecule has 39 heteroatoms. The van der Waals surface area contributed by atoms with Crippen LogP contribution in [0.5, 0.6) is 0 Å². The van der Waals surface area contributed by atoms with E-state index in [0.717, 1.165) is 28.3 Å². The summed E-state index contributed by atoms with van der Waals surface area (Å²) in [6.07, 6.45) is 5.89. The third-order valence-corrected chi connectivity index (χ3v) is 22.3. The fourth-order valence-corrected chi connectivity index (χ4v) is 16.4. The first-order valence-corrected chi connectivity index (χ1v) is 37.2. The number of nitrogens with one attached hydrogen (secondary N) is 3. The summed E-state index contributed by atoms with van der Waals surface area (Å²) in [7, 11) is -23.4. The van der Waals surface area contributed by atoms with Crippen molar-refractivity contribution in [1.29, 1.82) is 0 Å². The largest absolute Gasteiger partial charge is 0.744 e. The molecule has 2 amide bonds. The molecule has 4 aromatic rings. The number of nitrogen functional groups attached to an aromatic ring is 1. The number of nitrogens with two attached hydrogens (primary N) is 1. The van der Waals surface area contributed by atoms with Crippen LogP contribution >= 0.6 is 45.1 Å². The van der Waals surface area contributed by atoms with E-state index in [1.165, 1.54) is 56.6 Å². The third-order valence-electron chi connectivity index (χ3n) is 14.4. The summed E-state index contributed by atoms with van der Waals surface area (Å²) in [4.78, 5) is 86.5. The zero-order valence-electron chi connectivity index (χ0n) is 48.9. The molecule has 0 spiro atoms. The van der Waals surface area contributed by atoms with Crippen molar-refractivity contribution in [2.24, 2.45) is 5.11 Å². The Hall–Kier alpha value is -5.73. The predicted molar refractivity (Wildman–Crippen MR) is 330 cm³/mol. The van der Waals surface area contributed by atoms with E-state index in [1.54, 1.807) is 12.1 Å². The van der Waals surface area contributed by atoms with E-state index in [0.29, 0.717) is 56.0 Å². The number of amides is 2. The molecule has 0 bridgehead atoms. The van der Waals surface area contributed by atoms with Crippen molar-refractivity contribution in [2.45, 2.75) is 112 Å². The maximum absolute atomic E-state index is 13.1. The van der Waals surface area contributed by atoms with E-state index >= 15 is 0 Å². The quantitative estimate of drug-likeness (QED) is 0.00333. The zero-order chi connectivity index (χ0) is 66.2. The molecule has 5 atom stereocenters. The number of phosphoric acid groups is 3. The lowest BCUT2D eigenvalue weighted by Gasteiger charge is -2.25. The highest BCUT2D eigenvalue weighted by Gasteiger charge is 2.47. The van der Waals surface area contributed by atoms with E-state index < -0.39 is 91.9 Å². The number of allylic oxidation sites excluding steroid dienone is 4. The van der Waals surface area contributed by atoms with Crippen LogP contribution in [0.25, 0.3) is 21.5 Å². The lowest BCUT2D eigenvalue weighted by molar-refractivity contribution is -0.438. The lowest BCUT2D eigenvalue weighted by atomic mass is 9.81. The number of unbranched alkanes of at least 4 members (excludes halogenated alkanes) is 2. The van der Waals surface area contributed by atoms with Gasteiger partial charge in [0.05, 0.1) is 45.4 Å². The van der Waals surface area contributed by atoms with Crippen molar-refractivity contribution in [1.82, 2.24) is 25.2 Å². The number of benzene rings is 2. The first-order chi connectivity index (χ1) is 42.1. The van der Waals surface area contributed by atoms with Crippen LogP contribution in [0, 0.1) is 11.8 Å². The van der Waals surface area contributed by atoms with Crippen LogP contribution in [-0.2, 0) is 77.0 Å². The van der Waals surface area contributed by atoms with Crippen LogP contribution in [0.4, 0.5) is 17.3 Å². The Kier molecular flexibility index (Phi) is 23.5. The number of anilines is 2. The molecule has 3 unspecified atom stereocenters. The summed E-state index contributed by atoms with van der Waals surface area (Å²) in [6.45, 7) is 9.69. The van der Waals surface area contributed by atoms with Gasteiger partial charge in [-0.3, -0.25) is 28.4 Å². The SMILES string of the molecule is CCN1/C(=C/C=C/C2=[N+](CCCCCC(=O)NCCSSCCC(=O)NCC#Cc3cn([C@H]4CC(OCN=[N+]=[N-])[C@@H](COP(=O)(O)OP(=O)(O)OP(=O)(O)O)O4)c4nc(N)[nH]c(=O)c34)c3ccc(S(=O)(=O)[O-])cc3C2(C)C)C(C)(C)c2cc(S(=O)(=O)O)ccc21. The van der Waals surface area contributed by atoms with Gasteiger partial charge in [0.25, 0.3) is 15.7 Å². The van der Waals surface area contributed by atoms with Gasteiger partial charge in [-0.05, 0) is 81.1 Å². The number of ether oxygens (including phenoxy) is 2. The van der Waals surface area contributed by atoms with Gasteiger partial charge in [-0.25, -0.2) is 22.1 Å². The molecule has 32 nitrogen and oxygen atoms in total. The van der Waals surface area contributed by atoms with Crippen molar-refractivity contribution in [3.8, 4) is 11.8 Å². The standard InChI is InChI=1S/C51H66N11O21P3S4/c1-6-60-37-18-16-33(89(73,74)75)26-35(37)50(2,3)41(60)13-10-14-42-51(4,5)36-27-34(90(76,77)78)17-19-38(36)61(42)23-9-7-8-15-43(63)55-22-25-88-87-24-20-44(64)54-21-11-12-32-29-62(47-46(32)48(65)58-49(52)57-47)45-28-39(79-31-56-59-53)40(81-45)30-80-85(69,70)83-86(71,72)82-84(66,67)68/h10,13-14,16-19,26-27,29,39-40,45H,6-9,15,20-25,28,30-31H2,1-5H3,(H10-,52,54,55,57,58,63,64,65,66,67,68,69,70,71,72,73,74,75,76,77,78)/t39?,40-,45-/m1/s1. The smallest absolute Gasteiger partial charge is 0.490 e. The Bertz CT molecular complexity index is 4080. The first-order valence-electron chi connectivity index (χ1n) is 27.3. The van der Waals surface area contributed by atoms with Gasteiger partial charge in [0.2, 0.25) is 23.5 Å². The van der Waals surface area contributed by atoms with E-state index in [-0.39, 0.29) is 70.0 Å². The Morgan fingerprint density at radius 1 is 0.989 bits per heavy atom. The third kappa shape index (κ3) is 18.3. The van der Waals surface area contributed by atoms with Crippen LogP contribution in [-0.4, -0.2) is 145 Å². The molecule has 0 radical (unpaired) electrons. The highest BCUT2D eigenvalue weighted by Crippen LogP contribution is 2.66. The van der Waals surface area contributed by atoms with E-state index in [1.807, 2.05) is 52.8 Å². The second kappa shape index (κ2) is 29.5. The van der Waals surface area contributed by atoms with Gasteiger partial charge in [0.15, 0.2) is 11.4 Å². The molecule has 490 valence electrons. The van der Waals surface area contributed by atoms with Crippen molar-refractivity contribution in [3.05, 3.63) is 104 Å². The fraction of sp³-hybridized carbons (Fsp3) is 0.471. The Morgan fingerprint density at radius 3 is 2.38 bits per heavy atom. The van der Waals surface area contributed by atoms with Gasteiger partial charge in [-0.1, -0.05) is 58.5 Å². The molecular formula is C51H66N11O21P3S4. The van der Waals surface area contributed by atoms with Crippen molar-refractivity contribution in [3.63, 3.8) is 0 Å².